The van der Waals surface area contributed by atoms with E-state index in [0.29, 0.717) is 5.92 Å². The van der Waals surface area contributed by atoms with Gasteiger partial charge in [-0.25, -0.2) is 0 Å². The van der Waals surface area contributed by atoms with Crippen molar-refractivity contribution in [3.8, 4) is 12.3 Å². The number of rotatable bonds is 2. The van der Waals surface area contributed by atoms with Gasteiger partial charge in [-0.2, -0.15) is 0 Å². The highest BCUT2D eigenvalue weighted by Crippen LogP contribution is 2.40. The number of hydrogen-bond acceptors (Lipinski definition) is 1. The van der Waals surface area contributed by atoms with Gasteiger partial charge in [0.1, 0.15) is 0 Å². The lowest BCUT2D eigenvalue weighted by atomic mass is 9.72. The number of hydrogen-bond donors (Lipinski definition) is 1. The van der Waals surface area contributed by atoms with Gasteiger partial charge in [0.2, 0.25) is 0 Å². The van der Waals surface area contributed by atoms with Crippen LogP contribution >= 0.6 is 0 Å². The molecule has 0 spiro atoms. The molecule has 0 bridgehead atoms. The van der Waals surface area contributed by atoms with Crippen molar-refractivity contribution < 1.29 is 5.11 Å². The molecule has 2 rings (SSSR count). The molecule has 0 saturated heterocycles. The third kappa shape index (κ3) is 2.76. The van der Waals surface area contributed by atoms with Crippen molar-refractivity contribution in [2.75, 3.05) is 0 Å². The first kappa shape index (κ1) is 15.1. The zero-order chi connectivity index (χ0) is 14.8. The summed E-state index contributed by atoms with van der Waals surface area (Å²) in [5.74, 6) is 3.28. The van der Waals surface area contributed by atoms with Gasteiger partial charge in [0.25, 0.3) is 0 Å². The minimum atomic E-state index is -1.21. The van der Waals surface area contributed by atoms with E-state index in [0.717, 1.165) is 5.56 Å². The highest BCUT2D eigenvalue weighted by Gasteiger charge is 2.40. The predicted molar refractivity (Wildman–Crippen MR) is 84.5 cm³/mol. The van der Waals surface area contributed by atoms with Crippen LogP contribution in [0.1, 0.15) is 69.9 Å². The summed E-state index contributed by atoms with van der Waals surface area (Å²) in [5.41, 5.74) is 0.625. The van der Waals surface area contributed by atoms with Crippen LogP contribution in [-0.2, 0) is 5.60 Å². The summed E-state index contributed by atoms with van der Waals surface area (Å²) in [7, 11) is 0. The Balaban J connectivity index is 2.25. The van der Waals surface area contributed by atoms with Gasteiger partial charge in [-0.3, -0.25) is 0 Å². The molecule has 1 nitrogen and oxygen atoms in total. The molecule has 1 aliphatic carbocycles. The molecule has 1 aromatic rings. The zero-order valence-corrected chi connectivity index (χ0v) is 12.9. The fraction of sp³-hybridized carbons (Fsp3) is 0.579. The van der Waals surface area contributed by atoms with E-state index in [1.807, 2.05) is 32.9 Å². The van der Waals surface area contributed by atoms with Crippen molar-refractivity contribution in [2.24, 2.45) is 5.41 Å². The first-order chi connectivity index (χ1) is 9.38. The molecular weight excluding hydrogens is 244 g/mol. The second kappa shape index (κ2) is 5.62. The Morgan fingerprint density at radius 1 is 1.05 bits per heavy atom. The molecule has 0 aromatic heterocycles. The Morgan fingerprint density at radius 3 is 2.05 bits per heavy atom. The quantitative estimate of drug-likeness (QED) is 0.779. The molecule has 1 N–H and O–H groups in total. The number of benzene rings is 1. The van der Waals surface area contributed by atoms with E-state index in [4.69, 9.17) is 6.42 Å². The predicted octanol–water partition coefficient (Wildman–Crippen LogP) is 4.60. The van der Waals surface area contributed by atoms with Crippen LogP contribution in [0.4, 0.5) is 0 Å². The molecule has 0 aliphatic heterocycles. The Morgan fingerprint density at radius 2 is 1.60 bits per heavy atom. The smallest absolute Gasteiger partial charge is 0.155 e. The fourth-order valence-electron chi connectivity index (χ4n) is 3.17. The van der Waals surface area contributed by atoms with Gasteiger partial charge in [-0.15, -0.1) is 6.42 Å². The Labute approximate surface area is 123 Å². The minimum absolute atomic E-state index is 0.381. The summed E-state index contributed by atoms with van der Waals surface area (Å²) in [5, 5.41) is 10.8. The number of terminal acetylenes is 1. The van der Waals surface area contributed by atoms with Crippen LogP contribution < -0.4 is 0 Å². The molecule has 0 amide bonds. The van der Waals surface area contributed by atoms with Crippen molar-refractivity contribution in [2.45, 2.75) is 64.4 Å². The third-order valence-electron chi connectivity index (χ3n) is 4.70. The largest absolute Gasteiger partial charge is 0.373 e. The molecule has 1 heteroatoms. The standard InChI is InChI=1S/C19H26O/c1-5-19(20,18(2,3)4)17-13-11-16(12-14-17)15-9-7-6-8-10-15/h1,11-15,20H,6-10H2,2-4H3. The second-order valence-corrected chi connectivity index (χ2v) is 7.06. The molecule has 108 valence electrons. The van der Waals surface area contributed by atoms with Gasteiger partial charge in [-0.1, -0.05) is 70.2 Å². The molecule has 1 unspecified atom stereocenters. The first-order valence-electron chi connectivity index (χ1n) is 7.69. The molecule has 1 atom stereocenters. The molecular formula is C19H26O. The van der Waals surface area contributed by atoms with Gasteiger partial charge in [0, 0.05) is 5.41 Å². The monoisotopic (exact) mass is 270 g/mol. The summed E-state index contributed by atoms with van der Waals surface area (Å²) in [6.07, 6.45) is 12.2. The molecule has 1 aliphatic rings. The van der Waals surface area contributed by atoms with E-state index in [9.17, 15) is 5.11 Å². The lowest BCUT2D eigenvalue weighted by Crippen LogP contribution is -2.38. The van der Waals surface area contributed by atoms with Crippen molar-refractivity contribution >= 4 is 0 Å². The molecule has 0 heterocycles. The van der Waals surface area contributed by atoms with E-state index >= 15 is 0 Å². The van der Waals surface area contributed by atoms with Gasteiger partial charge < -0.3 is 5.11 Å². The average Bonchev–Trinajstić information content (AvgIpc) is 2.46. The van der Waals surface area contributed by atoms with E-state index < -0.39 is 5.60 Å². The number of aliphatic hydroxyl groups is 1. The normalized spacial score (nSPS) is 20.1. The Hall–Kier alpha value is -1.26. The zero-order valence-electron chi connectivity index (χ0n) is 12.9. The maximum Gasteiger partial charge on any atom is 0.155 e. The maximum atomic E-state index is 10.8. The van der Waals surface area contributed by atoms with Crippen LogP contribution in [0.3, 0.4) is 0 Å². The van der Waals surface area contributed by atoms with Crippen LogP contribution in [0.25, 0.3) is 0 Å². The van der Waals surface area contributed by atoms with Crippen molar-refractivity contribution in [1.82, 2.24) is 0 Å². The summed E-state index contributed by atoms with van der Waals surface area (Å²) >= 11 is 0. The summed E-state index contributed by atoms with van der Waals surface area (Å²) in [6, 6.07) is 8.32. The molecule has 1 fully saturated rings. The van der Waals surface area contributed by atoms with E-state index in [1.54, 1.807) is 0 Å². The van der Waals surface area contributed by atoms with E-state index in [2.05, 4.69) is 18.1 Å². The SMILES string of the molecule is C#CC(O)(c1ccc(C2CCCCC2)cc1)C(C)(C)C. The Bertz CT molecular complexity index is 480. The summed E-state index contributed by atoms with van der Waals surface area (Å²) in [6.45, 7) is 5.92. The van der Waals surface area contributed by atoms with Crippen LogP contribution in [0.2, 0.25) is 0 Å². The topological polar surface area (TPSA) is 20.2 Å². The van der Waals surface area contributed by atoms with Crippen LogP contribution in [0.15, 0.2) is 24.3 Å². The average molecular weight is 270 g/mol. The lowest BCUT2D eigenvalue weighted by molar-refractivity contribution is -0.00887. The van der Waals surface area contributed by atoms with Crippen molar-refractivity contribution in [1.29, 1.82) is 0 Å². The Kier molecular flexibility index (Phi) is 4.25. The van der Waals surface area contributed by atoms with Crippen molar-refractivity contribution in [3.63, 3.8) is 0 Å². The third-order valence-corrected chi connectivity index (χ3v) is 4.70. The van der Waals surface area contributed by atoms with E-state index in [-0.39, 0.29) is 5.41 Å². The van der Waals surface area contributed by atoms with Gasteiger partial charge >= 0.3 is 0 Å². The van der Waals surface area contributed by atoms with Crippen LogP contribution in [0.5, 0.6) is 0 Å². The second-order valence-electron chi connectivity index (χ2n) is 7.06. The van der Waals surface area contributed by atoms with E-state index in [1.165, 1.54) is 37.7 Å². The highest BCUT2D eigenvalue weighted by atomic mass is 16.3. The van der Waals surface area contributed by atoms with Crippen LogP contribution in [0, 0.1) is 17.8 Å². The molecule has 1 saturated carbocycles. The minimum Gasteiger partial charge on any atom is -0.373 e. The van der Waals surface area contributed by atoms with Crippen LogP contribution in [-0.4, -0.2) is 5.11 Å². The summed E-state index contributed by atoms with van der Waals surface area (Å²) < 4.78 is 0. The molecule has 1 aromatic carbocycles. The van der Waals surface area contributed by atoms with Gasteiger partial charge in [-0.05, 0) is 29.9 Å². The lowest BCUT2D eigenvalue weighted by Gasteiger charge is -2.36. The summed E-state index contributed by atoms with van der Waals surface area (Å²) in [4.78, 5) is 0. The molecule has 20 heavy (non-hydrogen) atoms. The van der Waals surface area contributed by atoms with Gasteiger partial charge in [0.15, 0.2) is 5.60 Å². The maximum absolute atomic E-state index is 10.8. The molecule has 0 radical (unpaired) electrons. The highest BCUT2D eigenvalue weighted by molar-refractivity contribution is 5.36. The first-order valence-corrected chi connectivity index (χ1v) is 7.69. The van der Waals surface area contributed by atoms with Gasteiger partial charge in [0.05, 0.1) is 0 Å². The fourth-order valence-corrected chi connectivity index (χ4v) is 3.17. The van der Waals surface area contributed by atoms with Crippen molar-refractivity contribution in [3.05, 3.63) is 35.4 Å².